The standard InChI is InChI=1S/C18H12Cl2N2O5/c19-11-1-3-13(14(20)8-11)16-5-6-17(27-16)18(24)21-9-10-7-12(22(25)26)2-4-15(10)23/h1-8,23H,9H2,(H,21,24). The summed E-state index contributed by atoms with van der Waals surface area (Å²) in [5.41, 5.74) is 0.608. The van der Waals surface area contributed by atoms with Gasteiger partial charge in [0.15, 0.2) is 5.76 Å². The van der Waals surface area contributed by atoms with Crippen molar-refractivity contribution in [2.45, 2.75) is 6.54 Å². The quantitative estimate of drug-likeness (QED) is 0.467. The molecule has 0 aliphatic carbocycles. The summed E-state index contributed by atoms with van der Waals surface area (Å²) >= 11 is 12.0. The fourth-order valence-corrected chi connectivity index (χ4v) is 2.89. The van der Waals surface area contributed by atoms with Crippen LogP contribution in [0, 0.1) is 10.1 Å². The van der Waals surface area contributed by atoms with Crippen LogP contribution in [0.15, 0.2) is 52.9 Å². The van der Waals surface area contributed by atoms with Crippen molar-refractivity contribution in [3.63, 3.8) is 0 Å². The van der Waals surface area contributed by atoms with E-state index in [-0.39, 0.29) is 29.3 Å². The lowest BCUT2D eigenvalue weighted by molar-refractivity contribution is -0.384. The average Bonchev–Trinajstić information content (AvgIpc) is 3.10. The van der Waals surface area contributed by atoms with Gasteiger partial charge in [-0.1, -0.05) is 23.2 Å². The van der Waals surface area contributed by atoms with Gasteiger partial charge in [0.2, 0.25) is 0 Å². The molecule has 138 valence electrons. The second-order valence-corrected chi connectivity index (χ2v) is 6.38. The monoisotopic (exact) mass is 406 g/mol. The number of halogens is 2. The molecule has 0 unspecified atom stereocenters. The summed E-state index contributed by atoms with van der Waals surface area (Å²) in [4.78, 5) is 22.5. The molecule has 0 aliphatic heterocycles. The number of nitrogens with one attached hydrogen (secondary N) is 1. The summed E-state index contributed by atoms with van der Waals surface area (Å²) in [6, 6.07) is 11.5. The largest absolute Gasteiger partial charge is 0.508 e. The maximum absolute atomic E-state index is 12.3. The van der Waals surface area contributed by atoms with Gasteiger partial charge in [-0.3, -0.25) is 14.9 Å². The number of carbonyl (C=O) groups excluding carboxylic acids is 1. The van der Waals surface area contributed by atoms with E-state index in [1.54, 1.807) is 24.3 Å². The zero-order chi connectivity index (χ0) is 19.6. The molecule has 0 bridgehead atoms. The van der Waals surface area contributed by atoms with Gasteiger partial charge < -0.3 is 14.8 Å². The molecule has 0 fully saturated rings. The van der Waals surface area contributed by atoms with Crippen molar-refractivity contribution in [2.24, 2.45) is 0 Å². The molecule has 2 N–H and O–H groups in total. The van der Waals surface area contributed by atoms with Crippen molar-refractivity contribution >= 4 is 34.8 Å². The molecule has 0 atom stereocenters. The molecule has 1 amide bonds. The van der Waals surface area contributed by atoms with E-state index >= 15 is 0 Å². The number of furan rings is 1. The third-order valence-electron chi connectivity index (χ3n) is 3.74. The highest BCUT2D eigenvalue weighted by Crippen LogP contribution is 2.31. The molecule has 2 aromatic carbocycles. The van der Waals surface area contributed by atoms with E-state index in [1.807, 2.05) is 0 Å². The molecule has 0 saturated carbocycles. The smallest absolute Gasteiger partial charge is 0.287 e. The van der Waals surface area contributed by atoms with Gasteiger partial charge in [-0.15, -0.1) is 0 Å². The minimum Gasteiger partial charge on any atom is -0.508 e. The summed E-state index contributed by atoms with van der Waals surface area (Å²) in [5, 5.41) is 24.0. The normalized spacial score (nSPS) is 10.6. The SMILES string of the molecule is O=C(NCc1cc([N+](=O)[O-])ccc1O)c1ccc(-c2ccc(Cl)cc2Cl)o1. The van der Waals surface area contributed by atoms with E-state index in [1.165, 1.54) is 24.3 Å². The third kappa shape index (κ3) is 4.21. The summed E-state index contributed by atoms with van der Waals surface area (Å²) in [5.74, 6) is -0.285. The first-order chi connectivity index (χ1) is 12.8. The van der Waals surface area contributed by atoms with Crippen molar-refractivity contribution in [2.75, 3.05) is 0 Å². The van der Waals surface area contributed by atoms with Crippen LogP contribution in [0.4, 0.5) is 5.69 Å². The van der Waals surface area contributed by atoms with E-state index in [0.29, 0.717) is 21.4 Å². The molecule has 0 spiro atoms. The number of nitro benzene ring substituents is 1. The number of hydrogen-bond donors (Lipinski definition) is 2. The second-order valence-electron chi connectivity index (χ2n) is 5.54. The summed E-state index contributed by atoms with van der Waals surface area (Å²) < 4.78 is 5.52. The molecule has 3 rings (SSSR count). The molecule has 27 heavy (non-hydrogen) atoms. The van der Waals surface area contributed by atoms with Crippen LogP contribution in [-0.4, -0.2) is 15.9 Å². The predicted octanol–water partition coefficient (Wildman–Crippen LogP) is 4.80. The van der Waals surface area contributed by atoms with E-state index in [4.69, 9.17) is 27.6 Å². The van der Waals surface area contributed by atoms with Crippen molar-refractivity contribution in [3.05, 3.63) is 80.0 Å². The van der Waals surface area contributed by atoms with Gasteiger partial charge in [0.05, 0.1) is 9.95 Å². The van der Waals surface area contributed by atoms with E-state index in [9.17, 15) is 20.0 Å². The number of carbonyl (C=O) groups is 1. The fourth-order valence-electron chi connectivity index (χ4n) is 2.38. The Bertz CT molecular complexity index is 1030. The number of rotatable bonds is 5. The second kappa shape index (κ2) is 7.69. The molecular formula is C18H12Cl2N2O5. The Morgan fingerprint density at radius 2 is 1.93 bits per heavy atom. The number of non-ortho nitro benzene ring substituents is 1. The van der Waals surface area contributed by atoms with Gasteiger partial charge in [0.1, 0.15) is 11.5 Å². The fraction of sp³-hybridized carbons (Fsp3) is 0.0556. The number of amides is 1. The molecule has 7 nitrogen and oxygen atoms in total. The maximum Gasteiger partial charge on any atom is 0.287 e. The van der Waals surface area contributed by atoms with Crippen LogP contribution < -0.4 is 5.32 Å². The molecular weight excluding hydrogens is 395 g/mol. The zero-order valence-electron chi connectivity index (χ0n) is 13.6. The molecule has 9 heteroatoms. The average molecular weight is 407 g/mol. The number of phenolic OH excluding ortho intramolecular Hbond substituents is 1. The number of aromatic hydroxyl groups is 1. The van der Waals surface area contributed by atoms with Crippen molar-refractivity contribution < 1.29 is 19.2 Å². The van der Waals surface area contributed by atoms with Crippen LogP contribution in [0.2, 0.25) is 10.0 Å². The molecule has 3 aromatic rings. The number of hydrogen-bond acceptors (Lipinski definition) is 5. The van der Waals surface area contributed by atoms with Crippen LogP contribution in [0.3, 0.4) is 0 Å². The Morgan fingerprint density at radius 1 is 1.15 bits per heavy atom. The van der Waals surface area contributed by atoms with Crippen molar-refractivity contribution in [1.29, 1.82) is 0 Å². The van der Waals surface area contributed by atoms with Gasteiger partial charge in [0.25, 0.3) is 11.6 Å². The maximum atomic E-state index is 12.3. The Labute approximate surface area is 163 Å². The first kappa shape index (κ1) is 18.8. The van der Waals surface area contributed by atoms with Crippen molar-refractivity contribution in [1.82, 2.24) is 5.32 Å². The van der Waals surface area contributed by atoms with Gasteiger partial charge >= 0.3 is 0 Å². The highest BCUT2D eigenvalue weighted by molar-refractivity contribution is 6.36. The highest BCUT2D eigenvalue weighted by atomic mass is 35.5. The summed E-state index contributed by atoms with van der Waals surface area (Å²) in [7, 11) is 0. The lowest BCUT2D eigenvalue weighted by atomic mass is 10.1. The number of benzene rings is 2. The Hall–Kier alpha value is -3.03. The summed E-state index contributed by atoms with van der Waals surface area (Å²) in [6.45, 7) is -0.107. The van der Waals surface area contributed by atoms with Gasteiger partial charge in [-0.25, -0.2) is 0 Å². The number of nitrogens with zero attached hydrogens (tertiary/aromatic N) is 1. The zero-order valence-corrected chi connectivity index (χ0v) is 15.1. The van der Waals surface area contributed by atoms with Crippen LogP contribution in [0.25, 0.3) is 11.3 Å². The predicted molar refractivity (Wildman–Crippen MR) is 100 cm³/mol. The molecule has 1 heterocycles. The minimum absolute atomic E-state index is 0.0286. The van der Waals surface area contributed by atoms with Gasteiger partial charge in [-0.2, -0.15) is 0 Å². The topological polar surface area (TPSA) is 106 Å². The molecule has 0 aliphatic rings. The van der Waals surface area contributed by atoms with E-state index < -0.39 is 10.8 Å². The van der Waals surface area contributed by atoms with Crippen LogP contribution >= 0.6 is 23.2 Å². The van der Waals surface area contributed by atoms with E-state index in [0.717, 1.165) is 0 Å². The number of nitro groups is 1. The Kier molecular flexibility index (Phi) is 5.34. The highest BCUT2D eigenvalue weighted by Gasteiger charge is 2.16. The molecule has 0 radical (unpaired) electrons. The lowest BCUT2D eigenvalue weighted by Crippen LogP contribution is -2.22. The molecule has 1 aromatic heterocycles. The van der Waals surface area contributed by atoms with Gasteiger partial charge in [0, 0.05) is 34.8 Å². The minimum atomic E-state index is -0.584. The van der Waals surface area contributed by atoms with Crippen LogP contribution in [0.1, 0.15) is 16.1 Å². The van der Waals surface area contributed by atoms with Crippen molar-refractivity contribution in [3.8, 4) is 17.1 Å². The first-order valence-electron chi connectivity index (χ1n) is 7.65. The van der Waals surface area contributed by atoms with Crippen LogP contribution in [0.5, 0.6) is 5.75 Å². The Morgan fingerprint density at radius 3 is 2.63 bits per heavy atom. The number of phenols is 1. The van der Waals surface area contributed by atoms with E-state index in [2.05, 4.69) is 5.32 Å². The lowest BCUT2D eigenvalue weighted by Gasteiger charge is -2.06. The van der Waals surface area contributed by atoms with Crippen LogP contribution in [-0.2, 0) is 6.54 Å². The summed E-state index contributed by atoms with van der Waals surface area (Å²) in [6.07, 6.45) is 0. The Balaban J connectivity index is 1.74. The molecule has 0 saturated heterocycles. The third-order valence-corrected chi connectivity index (χ3v) is 4.29. The first-order valence-corrected chi connectivity index (χ1v) is 8.40. The van der Waals surface area contributed by atoms with Gasteiger partial charge in [-0.05, 0) is 36.4 Å².